The molecule has 1 unspecified atom stereocenters. The van der Waals surface area contributed by atoms with E-state index in [1.54, 1.807) is 33.1 Å². The Bertz CT molecular complexity index is 820. The highest BCUT2D eigenvalue weighted by Crippen LogP contribution is 2.34. The van der Waals surface area contributed by atoms with E-state index in [2.05, 4.69) is 17.0 Å². The van der Waals surface area contributed by atoms with E-state index in [-0.39, 0.29) is 11.2 Å². The first kappa shape index (κ1) is 21.2. The van der Waals surface area contributed by atoms with Gasteiger partial charge in [-0.25, -0.2) is 0 Å². The number of thioether (sulfide) groups is 1. The molecule has 1 saturated heterocycles. The number of carbonyl (C=O) groups excluding carboxylic acids is 1. The highest BCUT2D eigenvalue weighted by molar-refractivity contribution is 8.00. The van der Waals surface area contributed by atoms with E-state index < -0.39 is 0 Å². The van der Waals surface area contributed by atoms with Gasteiger partial charge in [-0.3, -0.25) is 4.79 Å². The summed E-state index contributed by atoms with van der Waals surface area (Å²) in [4.78, 5) is 18.2. The topological polar surface area (TPSA) is 51.2 Å². The largest absolute Gasteiger partial charge is 0.497 e. The molecule has 1 aliphatic rings. The number of hydrogen-bond acceptors (Lipinski definition) is 6. The van der Waals surface area contributed by atoms with Crippen molar-refractivity contribution in [3.63, 3.8) is 0 Å². The second-order valence-corrected chi connectivity index (χ2v) is 8.20. The number of ether oxygens (including phenoxy) is 3. The van der Waals surface area contributed by atoms with E-state index in [1.807, 2.05) is 42.2 Å². The molecule has 6 nitrogen and oxygen atoms in total. The van der Waals surface area contributed by atoms with Crippen molar-refractivity contribution in [3.05, 3.63) is 42.5 Å². The van der Waals surface area contributed by atoms with Crippen LogP contribution in [0.2, 0.25) is 0 Å². The lowest BCUT2D eigenvalue weighted by molar-refractivity contribution is -0.130. The Labute approximate surface area is 176 Å². The normalized spacial score (nSPS) is 15.0. The number of anilines is 1. The average molecular weight is 417 g/mol. The van der Waals surface area contributed by atoms with Crippen LogP contribution in [-0.4, -0.2) is 63.6 Å². The van der Waals surface area contributed by atoms with Crippen molar-refractivity contribution in [2.75, 3.05) is 52.4 Å². The molecule has 1 fully saturated rings. The third-order valence-corrected chi connectivity index (χ3v) is 6.13. The first-order chi connectivity index (χ1) is 14.0. The Morgan fingerprint density at radius 1 is 0.897 bits per heavy atom. The number of carbonyl (C=O) groups is 1. The molecule has 0 N–H and O–H groups in total. The number of rotatable bonds is 7. The van der Waals surface area contributed by atoms with Crippen LogP contribution in [0, 0.1) is 0 Å². The predicted molar refractivity (Wildman–Crippen MR) is 117 cm³/mol. The molecule has 1 atom stereocenters. The molecule has 2 aromatic carbocycles. The fraction of sp³-hybridized carbons (Fsp3) is 0.409. The Morgan fingerprint density at radius 3 is 2.14 bits per heavy atom. The van der Waals surface area contributed by atoms with Gasteiger partial charge >= 0.3 is 0 Å². The quantitative estimate of drug-likeness (QED) is 0.644. The molecule has 156 valence electrons. The van der Waals surface area contributed by atoms with E-state index in [0.717, 1.165) is 42.5 Å². The highest BCUT2D eigenvalue weighted by atomic mass is 32.2. The molecule has 0 aliphatic carbocycles. The molecular weight excluding hydrogens is 388 g/mol. The fourth-order valence-corrected chi connectivity index (χ4v) is 4.36. The lowest BCUT2D eigenvalue weighted by Gasteiger charge is -2.37. The number of methoxy groups -OCH3 is 3. The monoisotopic (exact) mass is 416 g/mol. The van der Waals surface area contributed by atoms with Gasteiger partial charge in [-0.15, -0.1) is 11.8 Å². The zero-order valence-corrected chi connectivity index (χ0v) is 18.2. The summed E-state index contributed by atoms with van der Waals surface area (Å²) >= 11 is 1.54. The Kier molecular flexibility index (Phi) is 7.14. The SMILES string of the molecule is COc1ccc(N2CCN(C(=O)C(C)Sc3ccc(OC)c(OC)c3)CC2)cc1. The average Bonchev–Trinajstić information content (AvgIpc) is 2.78. The van der Waals surface area contributed by atoms with Crippen molar-refractivity contribution < 1.29 is 19.0 Å². The van der Waals surface area contributed by atoms with Crippen molar-refractivity contribution >= 4 is 23.4 Å². The number of amides is 1. The van der Waals surface area contributed by atoms with Crippen LogP contribution in [0.4, 0.5) is 5.69 Å². The van der Waals surface area contributed by atoms with Crippen LogP contribution >= 0.6 is 11.8 Å². The number of nitrogens with zero attached hydrogens (tertiary/aromatic N) is 2. The Balaban J connectivity index is 1.55. The van der Waals surface area contributed by atoms with Gasteiger partial charge in [0.15, 0.2) is 11.5 Å². The highest BCUT2D eigenvalue weighted by Gasteiger charge is 2.26. The van der Waals surface area contributed by atoms with Crippen molar-refractivity contribution in [1.82, 2.24) is 4.90 Å². The van der Waals surface area contributed by atoms with Crippen LogP contribution < -0.4 is 19.1 Å². The van der Waals surface area contributed by atoms with E-state index >= 15 is 0 Å². The van der Waals surface area contributed by atoms with Crippen LogP contribution in [0.1, 0.15) is 6.92 Å². The van der Waals surface area contributed by atoms with Gasteiger partial charge in [0.2, 0.25) is 5.91 Å². The molecule has 0 saturated carbocycles. The molecule has 29 heavy (non-hydrogen) atoms. The maximum Gasteiger partial charge on any atom is 0.235 e. The fourth-order valence-electron chi connectivity index (χ4n) is 3.38. The minimum absolute atomic E-state index is 0.166. The van der Waals surface area contributed by atoms with E-state index in [1.165, 1.54) is 0 Å². The number of benzene rings is 2. The summed E-state index contributed by atoms with van der Waals surface area (Å²) in [5.74, 6) is 2.37. The van der Waals surface area contributed by atoms with Gasteiger partial charge in [-0.1, -0.05) is 0 Å². The number of piperazine rings is 1. The van der Waals surface area contributed by atoms with Gasteiger partial charge in [0.05, 0.1) is 26.6 Å². The minimum atomic E-state index is -0.166. The molecular formula is C22H28N2O4S. The summed E-state index contributed by atoms with van der Waals surface area (Å²) in [5.41, 5.74) is 1.16. The van der Waals surface area contributed by atoms with Gasteiger partial charge < -0.3 is 24.0 Å². The van der Waals surface area contributed by atoms with Crippen LogP contribution in [0.3, 0.4) is 0 Å². The number of hydrogen-bond donors (Lipinski definition) is 0. The zero-order valence-electron chi connectivity index (χ0n) is 17.4. The molecule has 3 rings (SSSR count). The van der Waals surface area contributed by atoms with Gasteiger partial charge in [-0.2, -0.15) is 0 Å². The van der Waals surface area contributed by atoms with Gasteiger partial charge in [0.1, 0.15) is 5.75 Å². The summed E-state index contributed by atoms with van der Waals surface area (Å²) in [6.07, 6.45) is 0. The van der Waals surface area contributed by atoms with Gasteiger partial charge in [0.25, 0.3) is 0 Å². The van der Waals surface area contributed by atoms with Crippen molar-refractivity contribution in [2.45, 2.75) is 17.1 Å². The molecule has 2 aromatic rings. The summed E-state index contributed by atoms with van der Waals surface area (Å²) < 4.78 is 15.9. The summed E-state index contributed by atoms with van der Waals surface area (Å²) in [6.45, 7) is 5.06. The Hall–Kier alpha value is -2.54. The summed E-state index contributed by atoms with van der Waals surface area (Å²) in [5, 5.41) is -0.166. The molecule has 0 spiro atoms. The second kappa shape index (κ2) is 9.78. The van der Waals surface area contributed by atoms with Crippen LogP contribution in [0.25, 0.3) is 0 Å². The van der Waals surface area contributed by atoms with Crippen LogP contribution in [-0.2, 0) is 4.79 Å². The molecule has 1 amide bonds. The van der Waals surface area contributed by atoms with Crippen molar-refractivity contribution in [3.8, 4) is 17.2 Å². The first-order valence-corrected chi connectivity index (χ1v) is 10.5. The lowest BCUT2D eigenvalue weighted by Crippen LogP contribution is -2.50. The molecule has 0 bridgehead atoms. The maximum atomic E-state index is 12.9. The Morgan fingerprint density at radius 2 is 1.55 bits per heavy atom. The maximum absolute atomic E-state index is 12.9. The van der Waals surface area contributed by atoms with E-state index in [4.69, 9.17) is 14.2 Å². The van der Waals surface area contributed by atoms with Crippen molar-refractivity contribution in [2.24, 2.45) is 0 Å². The standard InChI is InChI=1S/C22H28N2O4S/c1-16(29-19-9-10-20(27-3)21(15-19)28-4)22(25)24-13-11-23(12-14-24)17-5-7-18(26-2)8-6-17/h5-10,15-16H,11-14H2,1-4H3. The molecule has 0 aromatic heterocycles. The lowest BCUT2D eigenvalue weighted by atomic mass is 10.2. The molecule has 1 aliphatic heterocycles. The van der Waals surface area contributed by atoms with E-state index in [9.17, 15) is 4.79 Å². The smallest absolute Gasteiger partial charge is 0.235 e. The summed E-state index contributed by atoms with van der Waals surface area (Å²) in [6, 6.07) is 13.8. The molecule has 0 radical (unpaired) electrons. The second-order valence-electron chi connectivity index (χ2n) is 6.79. The van der Waals surface area contributed by atoms with Crippen LogP contribution in [0.15, 0.2) is 47.4 Å². The third-order valence-electron chi connectivity index (χ3n) is 5.04. The van der Waals surface area contributed by atoms with E-state index in [0.29, 0.717) is 11.5 Å². The molecule has 1 heterocycles. The van der Waals surface area contributed by atoms with Gasteiger partial charge in [0, 0.05) is 36.8 Å². The van der Waals surface area contributed by atoms with Crippen molar-refractivity contribution in [1.29, 1.82) is 0 Å². The predicted octanol–water partition coefficient (Wildman–Crippen LogP) is 3.54. The first-order valence-electron chi connectivity index (χ1n) is 9.62. The molecule has 7 heteroatoms. The van der Waals surface area contributed by atoms with Gasteiger partial charge in [-0.05, 0) is 49.4 Å². The summed E-state index contributed by atoms with van der Waals surface area (Å²) in [7, 11) is 4.90. The third kappa shape index (κ3) is 5.09. The minimum Gasteiger partial charge on any atom is -0.497 e. The van der Waals surface area contributed by atoms with Crippen LogP contribution in [0.5, 0.6) is 17.2 Å². The zero-order chi connectivity index (χ0) is 20.8.